The van der Waals surface area contributed by atoms with E-state index in [1.54, 1.807) is 7.11 Å². The molecule has 0 aromatic heterocycles. The van der Waals surface area contributed by atoms with Crippen LogP contribution in [0.4, 0.5) is 0 Å². The van der Waals surface area contributed by atoms with Crippen LogP contribution >= 0.6 is 0 Å². The summed E-state index contributed by atoms with van der Waals surface area (Å²) >= 11 is 0. The smallest absolute Gasteiger partial charge is 0.305 e. The Morgan fingerprint density at radius 2 is 1.89 bits per heavy atom. The van der Waals surface area contributed by atoms with Gasteiger partial charge in [0.15, 0.2) is 6.10 Å². The number of carbonyl (C=O) groups excluding carboxylic acids is 2. The molecule has 0 aliphatic heterocycles. The highest BCUT2D eigenvalue weighted by Gasteiger charge is 2.47. The Morgan fingerprint density at radius 3 is 2.47 bits per heavy atom. The standard InChI is InChI=1S/C13H22O6/c1-10(14)18-12-6-4-5-7-13(12,19-11(2)15)17-9-8-16-3/h12H,4-9H2,1-3H3. The van der Waals surface area contributed by atoms with Crippen molar-refractivity contribution in [3.05, 3.63) is 0 Å². The summed E-state index contributed by atoms with van der Waals surface area (Å²) in [5.74, 6) is -2.02. The van der Waals surface area contributed by atoms with Gasteiger partial charge in [0, 0.05) is 27.4 Å². The van der Waals surface area contributed by atoms with Gasteiger partial charge in [0.25, 0.3) is 5.79 Å². The molecular weight excluding hydrogens is 252 g/mol. The van der Waals surface area contributed by atoms with Gasteiger partial charge in [-0.2, -0.15) is 0 Å². The molecule has 0 spiro atoms. The lowest BCUT2D eigenvalue weighted by Gasteiger charge is -2.41. The van der Waals surface area contributed by atoms with Gasteiger partial charge < -0.3 is 18.9 Å². The molecule has 0 bridgehead atoms. The van der Waals surface area contributed by atoms with E-state index >= 15 is 0 Å². The van der Waals surface area contributed by atoms with Crippen molar-refractivity contribution in [3.8, 4) is 0 Å². The normalized spacial score (nSPS) is 26.8. The Hall–Kier alpha value is -1.14. The first-order valence-electron chi connectivity index (χ1n) is 6.50. The Morgan fingerprint density at radius 1 is 1.16 bits per heavy atom. The number of hydrogen-bond acceptors (Lipinski definition) is 6. The molecule has 6 heteroatoms. The van der Waals surface area contributed by atoms with Crippen molar-refractivity contribution in [3.63, 3.8) is 0 Å². The summed E-state index contributed by atoms with van der Waals surface area (Å²) in [5, 5.41) is 0. The van der Waals surface area contributed by atoms with Crippen LogP contribution in [0.5, 0.6) is 0 Å². The molecular formula is C13H22O6. The van der Waals surface area contributed by atoms with Crippen LogP contribution in [-0.2, 0) is 28.5 Å². The van der Waals surface area contributed by atoms with E-state index in [1.807, 2.05) is 0 Å². The summed E-state index contributed by atoms with van der Waals surface area (Å²) in [4.78, 5) is 22.5. The van der Waals surface area contributed by atoms with E-state index in [0.29, 0.717) is 19.4 Å². The topological polar surface area (TPSA) is 71.1 Å². The molecule has 1 rings (SSSR count). The number of carbonyl (C=O) groups is 2. The molecule has 19 heavy (non-hydrogen) atoms. The van der Waals surface area contributed by atoms with Crippen molar-refractivity contribution < 1.29 is 28.5 Å². The lowest BCUT2D eigenvalue weighted by atomic mass is 9.90. The predicted molar refractivity (Wildman–Crippen MR) is 66.3 cm³/mol. The number of ether oxygens (including phenoxy) is 4. The zero-order valence-corrected chi connectivity index (χ0v) is 11.8. The monoisotopic (exact) mass is 274 g/mol. The fourth-order valence-corrected chi connectivity index (χ4v) is 2.28. The summed E-state index contributed by atoms with van der Waals surface area (Å²) < 4.78 is 21.2. The van der Waals surface area contributed by atoms with Gasteiger partial charge in [0.1, 0.15) is 0 Å². The molecule has 0 radical (unpaired) electrons. The Balaban J connectivity index is 2.81. The second-order valence-corrected chi connectivity index (χ2v) is 4.59. The van der Waals surface area contributed by atoms with Gasteiger partial charge in [-0.1, -0.05) is 0 Å². The molecule has 0 aromatic carbocycles. The maximum absolute atomic E-state index is 11.3. The van der Waals surface area contributed by atoms with Crippen molar-refractivity contribution in [1.29, 1.82) is 0 Å². The van der Waals surface area contributed by atoms with E-state index in [0.717, 1.165) is 12.8 Å². The average molecular weight is 274 g/mol. The summed E-state index contributed by atoms with van der Waals surface area (Å²) in [6.45, 7) is 3.32. The van der Waals surface area contributed by atoms with Gasteiger partial charge in [-0.3, -0.25) is 9.59 Å². The molecule has 6 nitrogen and oxygen atoms in total. The zero-order valence-electron chi connectivity index (χ0n) is 11.8. The molecule has 1 saturated carbocycles. The molecule has 0 heterocycles. The molecule has 2 unspecified atom stereocenters. The van der Waals surface area contributed by atoms with Crippen molar-refractivity contribution in [1.82, 2.24) is 0 Å². The first kappa shape index (κ1) is 15.9. The quantitative estimate of drug-likeness (QED) is 0.414. The lowest BCUT2D eigenvalue weighted by molar-refractivity contribution is -0.287. The minimum atomic E-state index is -1.17. The van der Waals surface area contributed by atoms with Crippen LogP contribution in [0.25, 0.3) is 0 Å². The van der Waals surface area contributed by atoms with Crippen LogP contribution in [-0.4, -0.2) is 44.2 Å². The molecule has 0 amide bonds. The Labute approximate surface area is 113 Å². The second kappa shape index (κ2) is 7.45. The molecule has 0 aromatic rings. The number of rotatable bonds is 6. The maximum atomic E-state index is 11.3. The van der Waals surface area contributed by atoms with Gasteiger partial charge >= 0.3 is 11.9 Å². The number of esters is 2. The molecule has 1 fully saturated rings. The first-order chi connectivity index (χ1) is 9.00. The summed E-state index contributed by atoms with van der Waals surface area (Å²) in [5.41, 5.74) is 0. The molecule has 0 saturated heterocycles. The Kier molecular flexibility index (Phi) is 6.24. The highest BCUT2D eigenvalue weighted by molar-refractivity contribution is 5.67. The molecule has 1 aliphatic rings. The van der Waals surface area contributed by atoms with Crippen LogP contribution in [0.15, 0.2) is 0 Å². The van der Waals surface area contributed by atoms with E-state index in [9.17, 15) is 9.59 Å². The van der Waals surface area contributed by atoms with Crippen LogP contribution in [0.3, 0.4) is 0 Å². The third-order valence-corrected chi connectivity index (χ3v) is 2.99. The van der Waals surface area contributed by atoms with Crippen LogP contribution in [0, 0.1) is 0 Å². The summed E-state index contributed by atoms with van der Waals surface area (Å²) in [7, 11) is 1.56. The second-order valence-electron chi connectivity index (χ2n) is 4.59. The van der Waals surface area contributed by atoms with Gasteiger partial charge in [-0.05, 0) is 19.3 Å². The van der Waals surface area contributed by atoms with Crippen molar-refractivity contribution in [2.45, 2.75) is 51.4 Å². The van der Waals surface area contributed by atoms with E-state index < -0.39 is 23.8 Å². The molecule has 110 valence electrons. The third kappa shape index (κ3) is 4.80. The van der Waals surface area contributed by atoms with Crippen LogP contribution < -0.4 is 0 Å². The van der Waals surface area contributed by atoms with E-state index in [1.165, 1.54) is 13.8 Å². The fraction of sp³-hybridized carbons (Fsp3) is 0.846. The maximum Gasteiger partial charge on any atom is 0.305 e. The van der Waals surface area contributed by atoms with Gasteiger partial charge in [0.05, 0.1) is 13.2 Å². The minimum absolute atomic E-state index is 0.279. The van der Waals surface area contributed by atoms with Crippen molar-refractivity contribution in [2.24, 2.45) is 0 Å². The van der Waals surface area contributed by atoms with Gasteiger partial charge in [0.2, 0.25) is 0 Å². The van der Waals surface area contributed by atoms with Crippen LogP contribution in [0.2, 0.25) is 0 Å². The number of methoxy groups -OCH3 is 1. The van der Waals surface area contributed by atoms with E-state index in [2.05, 4.69) is 0 Å². The van der Waals surface area contributed by atoms with Gasteiger partial charge in [-0.25, -0.2) is 0 Å². The largest absolute Gasteiger partial charge is 0.456 e. The van der Waals surface area contributed by atoms with Gasteiger partial charge in [-0.15, -0.1) is 0 Å². The highest BCUT2D eigenvalue weighted by Crippen LogP contribution is 2.35. The first-order valence-corrected chi connectivity index (χ1v) is 6.50. The number of hydrogen-bond donors (Lipinski definition) is 0. The molecule has 1 aliphatic carbocycles. The molecule has 0 N–H and O–H groups in total. The van der Waals surface area contributed by atoms with E-state index in [4.69, 9.17) is 18.9 Å². The van der Waals surface area contributed by atoms with Crippen LogP contribution in [0.1, 0.15) is 39.5 Å². The predicted octanol–water partition coefficient (Wildman–Crippen LogP) is 1.41. The SMILES string of the molecule is COCCOC1(OC(C)=O)CCCCC1OC(C)=O. The Bertz CT molecular complexity index is 316. The van der Waals surface area contributed by atoms with E-state index in [-0.39, 0.29) is 6.61 Å². The van der Waals surface area contributed by atoms with Crippen molar-refractivity contribution >= 4 is 11.9 Å². The zero-order chi connectivity index (χ0) is 14.3. The summed E-state index contributed by atoms with van der Waals surface area (Å²) in [6, 6.07) is 0. The fourth-order valence-electron chi connectivity index (χ4n) is 2.28. The summed E-state index contributed by atoms with van der Waals surface area (Å²) in [6.07, 6.45) is 2.36. The highest BCUT2D eigenvalue weighted by atomic mass is 16.7. The lowest BCUT2D eigenvalue weighted by Crippen LogP contribution is -2.52. The van der Waals surface area contributed by atoms with Crippen molar-refractivity contribution in [2.75, 3.05) is 20.3 Å². The molecule has 2 atom stereocenters. The third-order valence-electron chi connectivity index (χ3n) is 2.99. The average Bonchev–Trinajstić information content (AvgIpc) is 2.31. The minimum Gasteiger partial charge on any atom is -0.456 e.